The van der Waals surface area contributed by atoms with Crippen molar-refractivity contribution in [3.05, 3.63) is 65.2 Å². The number of ether oxygens (including phenoxy) is 1. The van der Waals surface area contributed by atoms with E-state index in [1.54, 1.807) is 6.07 Å². The molecule has 0 aliphatic rings. The molecular formula is C16H15F3O2. The molecule has 5 heteroatoms. The molecule has 0 aromatic heterocycles. The minimum absolute atomic E-state index is 0.178. The number of hydrogen-bond acceptors (Lipinski definition) is 2. The molecule has 0 heterocycles. The highest BCUT2D eigenvalue weighted by Crippen LogP contribution is 2.45. The molecule has 0 spiro atoms. The summed E-state index contributed by atoms with van der Waals surface area (Å²) < 4.78 is 45.6. The van der Waals surface area contributed by atoms with Gasteiger partial charge >= 0.3 is 6.18 Å². The van der Waals surface area contributed by atoms with Crippen molar-refractivity contribution >= 4 is 0 Å². The van der Waals surface area contributed by atoms with Gasteiger partial charge in [0, 0.05) is 5.56 Å². The Morgan fingerprint density at radius 1 is 0.952 bits per heavy atom. The van der Waals surface area contributed by atoms with Gasteiger partial charge in [0.25, 0.3) is 0 Å². The van der Waals surface area contributed by atoms with Crippen LogP contribution in [0.1, 0.15) is 16.7 Å². The van der Waals surface area contributed by atoms with Gasteiger partial charge in [0.15, 0.2) is 0 Å². The monoisotopic (exact) mass is 296 g/mol. The second-order valence-electron chi connectivity index (χ2n) is 4.75. The predicted molar refractivity (Wildman–Crippen MR) is 73.2 cm³/mol. The Kier molecular flexibility index (Phi) is 3.96. The smallest absolute Gasteiger partial charge is 0.425 e. The molecule has 2 rings (SSSR count). The molecule has 2 aromatic rings. The lowest BCUT2D eigenvalue weighted by atomic mass is 9.83. The molecule has 0 saturated carbocycles. The lowest BCUT2D eigenvalue weighted by molar-refractivity contribution is -0.248. The molecule has 0 saturated heterocycles. The van der Waals surface area contributed by atoms with Crippen LogP contribution >= 0.6 is 0 Å². The standard InChI is InChI=1S/C16H15F3O2/c1-11-5-3-4-6-14(11)15(20,16(17,18)19)12-7-9-13(21-2)10-8-12/h3-10,20H,1-2H3. The second kappa shape index (κ2) is 5.41. The molecule has 1 unspecified atom stereocenters. The van der Waals surface area contributed by atoms with E-state index in [4.69, 9.17) is 4.74 Å². The summed E-state index contributed by atoms with van der Waals surface area (Å²) >= 11 is 0. The summed E-state index contributed by atoms with van der Waals surface area (Å²) in [4.78, 5) is 0. The number of benzene rings is 2. The third-order valence-electron chi connectivity index (χ3n) is 3.45. The van der Waals surface area contributed by atoms with E-state index in [2.05, 4.69) is 0 Å². The van der Waals surface area contributed by atoms with Crippen molar-refractivity contribution in [1.29, 1.82) is 0 Å². The van der Waals surface area contributed by atoms with Gasteiger partial charge in [0.2, 0.25) is 5.60 Å². The highest BCUT2D eigenvalue weighted by atomic mass is 19.4. The first-order chi connectivity index (χ1) is 9.80. The van der Waals surface area contributed by atoms with E-state index in [1.807, 2.05) is 0 Å². The number of rotatable bonds is 3. The maximum Gasteiger partial charge on any atom is 0.425 e. The van der Waals surface area contributed by atoms with Crippen LogP contribution in [0.2, 0.25) is 0 Å². The third kappa shape index (κ3) is 2.61. The molecule has 1 atom stereocenters. The minimum atomic E-state index is -4.84. The van der Waals surface area contributed by atoms with Gasteiger partial charge in [0.05, 0.1) is 7.11 Å². The average Bonchev–Trinajstić information content (AvgIpc) is 2.46. The van der Waals surface area contributed by atoms with Gasteiger partial charge in [-0.25, -0.2) is 0 Å². The van der Waals surface area contributed by atoms with Crippen molar-refractivity contribution in [2.45, 2.75) is 18.7 Å². The van der Waals surface area contributed by atoms with Crippen molar-refractivity contribution < 1.29 is 23.0 Å². The molecule has 0 radical (unpaired) electrons. The van der Waals surface area contributed by atoms with Gasteiger partial charge in [-0.05, 0) is 30.2 Å². The van der Waals surface area contributed by atoms with Crippen molar-refractivity contribution in [2.75, 3.05) is 7.11 Å². The summed E-state index contributed by atoms with van der Waals surface area (Å²) in [6.45, 7) is 1.54. The van der Waals surface area contributed by atoms with E-state index in [-0.39, 0.29) is 11.1 Å². The van der Waals surface area contributed by atoms with Crippen molar-refractivity contribution in [3.63, 3.8) is 0 Å². The van der Waals surface area contributed by atoms with E-state index >= 15 is 0 Å². The zero-order valence-corrected chi connectivity index (χ0v) is 11.6. The molecule has 2 aromatic carbocycles. The van der Waals surface area contributed by atoms with Crippen LogP contribution in [-0.2, 0) is 5.60 Å². The van der Waals surface area contributed by atoms with E-state index in [0.717, 1.165) is 0 Å². The van der Waals surface area contributed by atoms with E-state index < -0.39 is 11.8 Å². The maximum absolute atomic E-state index is 13.6. The summed E-state index contributed by atoms with van der Waals surface area (Å²) in [6, 6.07) is 11.2. The molecule has 0 bridgehead atoms. The number of hydrogen-bond donors (Lipinski definition) is 1. The summed E-state index contributed by atoms with van der Waals surface area (Å²) in [6.07, 6.45) is -4.84. The van der Waals surface area contributed by atoms with Gasteiger partial charge in [-0.2, -0.15) is 13.2 Å². The van der Waals surface area contributed by atoms with Gasteiger partial charge in [-0.3, -0.25) is 0 Å². The third-order valence-corrected chi connectivity index (χ3v) is 3.45. The topological polar surface area (TPSA) is 29.5 Å². The van der Waals surface area contributed by atoms with E-state index in [0.29, 0.717) is 11.3 Å². The number of aryl methyl sites for hydroxylation is 1. The molecule has 0 fully saturated rings. The van der Waals surface area contributed by atoms with Crippen LogP contribution in [0, 0.1) is 6.92 Å². The Balaban J connectivity index is 2.65. The average molecular weight is 296 g/mol. The molecule has 21 heavy (non-hydrogen) atoms. The molecule has 1 N–H and O–H groups in total. The van der Waals surface area contributed by atoms with Crippen LogP contribution in [-0.4, -0.2) is 18.4 Å². The van der Waals surface area contributed by atoms with Gasteiger partial charge in [-0.15, -0.1) is 0 Å². The molecule has 2 nitrogen and oxygen atoms in total. The van der Waals surface area contributed by atoms with E-state index in [1.165, 1.54) is 56.5 Å². The normalized spacial score (nSPS) is 14.6. The predicted octanol–water partition coefficient (Wildman–Crippen LogP) is 3.80. The van der Waals surface area contributed by atoms with Crippen molar-refractivity contribution in [3.8, 4) is 5.75 Å². The fraction of sp³-hybridized carbons (Fsp3) is 0.250. The van der Waals surface area contributed by atoms with Crippen LogP contribution in [0.25, 0.3) is 0 Å². The SMILES string of the molecule is COc1ccc(C(O)(c2ccccc2C)C(F)(F)F)cc1. The first kappa shape index (κ1) is 15.4. The Hall–Kier alpha value is -2.01. The number of halogens is 3. The summed E-state index contributed by atoms with van der Waals surface area (Å²) in [7, 11) is 1.42. The maximum atomic E-state index is 13.6. The van der Waals surface area contributed by atoms with Crippen LogP contribution in [0.15, 0.2) is 48.5 Å². The highest BCUT2D eigenvalue weighted by Gasteiger charge is 2.56. The number of aliphatic hydroxyl groups is 1. The highest BCUT2D eigenvalue weighted by molar-refractivity contribution is 5.43. The fourth-order valence-electron chi connectivity index (χ4n) is 2.28. The van der Waals surface area contributed by atoms with Crippen LogP contribution in [0.4, 0.5) is 13.2 Å². The molecular weight excluding hydrogens is 281 g/mol. The van der Waals surface area contributed by atoms with Gasteiger partial charge in [-0.1, -0.05) is 36.4 Å². The molecule has 112 valence electrons. The Bertz CT molecular complexity index is 620. The second-order valence-corrected chi connectivity index (χ2v) is 4.75. The number of alkyl halides is 3. The largest absolute Gasteiger partial charge is 0.497 e. The van der Waals surface area contributed by atoms with Crippen molar-refractivity contribution in [1.82, 2.24) is 0 Å². The van der Waals surface area contributed by atoms with Crippen molar-refractivity contribution in [2.24, 2.45) is 0 Å². The van der Waals surface area contributed by atoms with Crippen LogP contribution in [0.5, 0.6) is 5.75 Å². The van der Waals surface area contributed by atoms with Crippen LogP contribution in [0.3, 0.4) is 0 Å². The summed E-state index contributed by atoms with van der Waals surface area (Å²) in [5.41, 5.74) is -3.11. The first-order valence-electron chi connectivity index (χ1n) is 6.30. The Morgan fingerprint density at radius 3 is 2.00 bits per heavy atom. The lowest BCUT2D eigenvalue weighted by Gasteiger charge is -2.32. The van der Waals surface area contributed by atoms with Crippen LogP contribution < -0.4 is 4.74 Å². The molecule has 0 aliphatic heterocycles. The first-order valence-corrected chi connectivity index (χ1v) is 6.30. The Labute approximate surface area is 120 Å². The van der Waals surface area contributed by atoms with Gasteiger partial charge in [0.1, 0.15) is 5.75 Å². The fourth-order valence-corrected chi connectivity index (χ4v) is 2.28. The summed E-state index contributed by atoms with van der Waals surface area (Å²) in [5.74, 6) is 0.424. The molecule has 0 aliphatic carbocycles. The van der Waals surface area contributed by atoms with Gasteiger partial charge < -0.3 is 9.84 Å². The molecule has 0 amide bonds. The summed E-state index contributed by atoms with van der Waals surface area (Å²) in [5, 5.41) is 10.5. The number of methoxy groups -OCH3 is 1. The Morgan fingerprint density at radius 2 is 1.52 bits per heavy atom. The lowest BCUT2D eigenvalue weighted by Crippen LogP contribution is -2.43. The quantitative estimate of drug-likeness (QED) is 0.933. The minimum Gasteiger partial charge on any atom is -0.497 e. The zero-order valence-electron chi connectivity index (χ0n) is 11.6. The zero-order chi connectivity index (χ0) is 15.7. The van der Waals surface area contributed by atoms with E-state index in [9.17, 15) is 18.3 Å².